The summed E-state index contributed by atoms with van der Waals surface area (Å²) in [7, 11) is 0. The Morgan fingerprint density at radius 1 is 1.06 bits per heavy atom. The maximum absolute atomic E-state index is 12.9. The van der Waals surface area contributed by atoms with Crippen molar-refractivity contribution < 1.29 is 19.1 Å². The molecule has 9 heteroatoms. The molecule has 33 heavy (non-hydrogen) atoms. The third kappa shape index (κ3) is 5.79. The van der Waals surface area contributed by atoms with Gasteiger partial charge in [0, 0.05) is 50.2 Å². The van der Waals surface area contributed by atoms with Crippen LogP contribution >= 0.6 is 11.6 Å². The van der Waals surface area contributed by atoms with Gasteiger partial charge in [0.05, 0.1) is 5.69 Å². The number of carbonyl (C=O) groups excluding carboxylic acids is 2. The van der Waals surface area contributed by atoms with Gasteiger partial charge in [0.1, 0.15) is 17.5 Å². The molecule has 2 aromatic rings. The van der Waals surface area contributed by atoms with Crippen LogP contribution in [0, 0.1) is 0 Å². The molecule has 3 heterocycles. The molecular formula is C24H31ClN4O4. The Bertz CT molecular complexity index is 1000. The predicted octanol–water partition coefficient (Wildman–Crippen LogP) is 4.60. The number of anilines is 1. The highest BCUT2D eigenvalue weighted by atomic mass is 35.5. The molecular weight excluding hydrogens is 444 g/mol. The molecule has 178 valence electrons. The van der Waals surface area contributed by atoms with Gasteiger partial charge in [-0.1, -0.05) is 11.6 Å². The second-order valence-electron chi connectivity index (χ2n) is 9.54. The standard InChI is InChI=1S/C24H31ClN4O4/c1-24(2,3)33-22(30)19-10-15-29(26-19)23(31)28-13-8-18(9-14-28)32-21-7-6-17(25)16-20(21)27-11-4-5-12-27/h6-7,10,15-16,18H,4-5,8-9,11-14H2,1-3H3. The second-order valence-corrected chi connectivity index (χ2v) is 9.98. The van der Waals surface area contributed by atoms with Crippen molar-refractivity contribution >= 4 is 29.3 Å². The number of aromatic nitrogens is 2. The smallest absolute Gasteiger partial charge is 0.359 e. The van der Waals surface area contributed by atoms with Gasteiger partial charge in [0.15, 0.2) is 5.69 Å². The van der Waals surface area contributed by atoms with Crippen LogP contribution in [0.1, 0.15) is 56.9 Å². The van der Waals surface area contributed by atoms with Gasteiger partial charge in [0.2, 0.25) is 0 Å². The molecule has 0 saturated carbocycles. The molecule has 8 nitrogen and oxygen atoms in total. The quantitative estimate of drug-likeness (QED) is 0.602. The van der Waals surface area contributed by atoms with Gasteiger partial charge in [-0.3, -0.25) is 0 Å². The van der Waals surface area contributed by atoms with Gasteiger partial charge in [-0.05, 0) is 57.9 Å². The first kappa shape index (κ1) is 23.4. The lowest BCUT2D eigenvalue weighted by Gasteiger charge is -2.33. The Morgan fingerprint density at radius 3 is 2.42 bits per heavy atom. The van der Waals surface area contributed by atoms with Crippen molar-refractivity contribution in [2.75, 3.05) is 31.1 Å². The zero-order valence-corrected chi connectivity index (χ0v) is 20.2. The number of carbonyl (C=O) groups is 2. The summed E-state index contributed by atoms with van der Waals surface area (Å²) >= 11 is 6.24. The normalized spacial score (nSPS) is 17.3. The number of hydrogen-bond donors (Lipinski definition) is 0. The topological polar surface area (TPSA) is 76.9 Å². The van der Waals surface area contributed by atoms with E-state index in [1.807, 2.05) is 18.2 Å². The summed E-state index contributed by atoms with van der Waals surface area (Å²) in [6.07, 6.45) is 5.30. The monoisotopic (exact) mass is 474 g/mol. The Balaban J connectivity index is 1.34. The average molecular weight is 475 g/mol. The fraction of sp³-hybridized carbons (Fsp3) is 0.542. The number of rotatable bonds is 4. The van der Waals surface area contributed by atoms with Crippen LogP contribution in [-0.4, -0.2) is 64.6 Å². The van der Waals surface area contributed by atoms with Gasteiger partial charge in [-0.2, -0.15) is 9.78 Å². The van der Waals surface area contributed by atoms with Crippen molar-refractivity contribution in [2.45, 2.75) is 58.2 Å². The van der Waals surface area contributed by atoms with E-state index in [4.69, 9.17) is 21.1 Å². The molecule has 0 unspecified atom stereocenters. The Morgan fingerprint density at radius 2 is 1.76 bits per heavy atom. The average Bonchev–Trinajstić information content (AvgIpc) is 3.46. The minimum Gasteiger partial charge on any atom is -0.488 e. The van der Waals surface area contributed by atoms with E-state index in [9.17, 15) is 9.59 Å². The van der Waals surface area contributed by atoms with Crippen LogP contribution in [0.15, 0.2) is 30.5 Å². The summed E-state index contributed by atoms with van der Waals surface area (Å²) in [6, 6.07) is 7.01. The number of esters is 1. The van der Waals surface area contributed by atoms with E-state index in [1.54, 1.807) is 25.7 Å². The lowest BCUT2D eigenvalue weighted by atomic mass is 10.1. The highest BCUT2D eigenvalue weighted by Gasteiger charge is 2.28. The van der Waals surface area contributed by atoms with Crippen LogP contribution in [0.4, 0.5) is 10.5 Å². The van der Waals surface area contributed by atoms with Crippen molar-refractivity contribution in [2.24, 2.45) is 0 Å². The lowest BCUT2D eigenvalue weighted by molar-refractivity contribution is 0.00623. The molecule has 0 radical (unpaired) electrons. The molecule has 0 N–H and O–H groups in total. The number of likely N-dealkylation sites (tertiary alicyclic amines) is 1. The van der Waals surface area contributed by atoms with Crippen molar-refractivity contribution in [3.8, 4) is 5.75 Å². The van der Waals surface area contributed by atoms with E-state index < -0.39 is 11.6 Å². The molecule has 2 aliphatic rings. The van der Waals surface area contributed by atoms with Crippen molar-refractivity contribution in [1.82, 2.24) is 14.7 Å². The Hall–Kier alpha value is -2.74. The van der Waals surface area contributed by atoms with Gasteiger partial charge in [-0.15, -0.1) is 0 Å². The van der Waals surface area contributed by atoms with Crippen molar-refractivity contribution in [1.29, 1.82) is 0 Å². The van der Waals surface area contributed by atoms with Crippen LogP contribution in [-0.2, 0) is 4.74 Å². The number of halogens is 1. The first-order chi connectivity index (χ1) is 15.7. The molecule has 1 aromatic heterocycles. The zero-order valence-electron chi connectivity index (χ0n) is 19.4. The Labute approximate surface area is 199 Å². The summed E-state index contributed by atoms with van der Waals surface area (Å²) in [4.78, 5) is 29.1. The van der Waals surface area contributed by atoms with E-state index in [2.05, 4.69) is 10.00 Å². The van der Waals surface area contributed by atoms with Crippen LogP contribution < -0.4 is 9.64 Å². The SMILES string of the molecule is CC(C)(C)OC(=O)c1ccn(C(=O)N2CCC(Oc3ccc(Cl)cc3N3CCCC3)CC2)n1. The van der Waals surface area contributed by atoms with Gasteiger partial charge in [0.25, 0.3) is 0 Å². The minimum atomic E-state index is -0.620. The molecule has 2 saturated heterocycles. The maximum atomic E-state index is 12.9. The molecule has 1 aromatic carbocycles. The second kappa shape index (κ2) is 9.63. The third-order valence-corrected chi connectivity index (χ3v) is 6.00. The van der Waals surface area contributed by atoms with Gasteiger partial charge in [-0.25, -0.2) is 9.59 Å². The van der Waals surface area contributed by atoms with E-state index in [0.29, 0.717) is 31.0 Å². The summed E-state index contributed by atoms with van der Waals surface area (Å²) in [5.74, 6) is 0.304. The fourth-order valence-corrected chi connectivity index (χ4v) is 4.32. The van der Waals surface area contributed by atoms with E-state index >= 15 is 0 Å². The van der Waals surface area contributed by atoms with Crippen LogP contribution in [0.25, 0.3) is 0 Å². The fourth-order valence-electron chi connectivity index (χ4n) is 4.15. The van der Waals surface area contributed by atoms with Gasteiger partial charge >= 0.3 is 12.0 Å². The van der Waals surface area contributed by atoms with Crippen molar-refractivity contribution in [3.63, 3.8) is 0 Å². The largest absolute Gasteiger partial charge is 0.488 e. The molecule has 0 atom stereocenters. The molecule has 0 aliphatic carbocycles. The zero-order chi connectivity index (χ0) is 23.6. The van der Waals surface area contributed by atoms with Crippen LogP contribution in [0.5, 0.6) is 5.75 Å². The highest BCUT2D eigenvalue weighted by molar-refractivity contribution is 6.30. The third-order valence-electron chi connectivity index (χ3n) is 5.77. The molecule has 0 bridgehead atoms. The van der Waals surface area contributed by atoms with E-state index in [1.165, 1.54) is 29.8 Å². The molecule has 0 spiro atoms. The number of benzene rings is 1. The predicted molar refractivity (Wildman–Crippen MR) is 126 cm³/mol. The molecule has 1 amide bonds. The highest BCUT2D eigenvalue weighted by Crippen LogP contribution is 2.35. The summed E-state index contributed by atoms with van der Waals surface area (Å²) < 4.78 is 12.9. The number of hydrogen-bond acceptors (Lipinski definition) is 6. The minimum absolute atomic E-state index is 0.0199. The summed E-state index contributed by atoms with van der Waals surface area (Å²) in [5.41, 5.74) is 0.546. The number of ether oxygens (including phenoxy) is 2. The van der Waals surface area contributed by atoms with Crippen LogP contribution in [0.3, 0.4) is 0 Å². The summed E-state index contributed by atoms with van der Waals surface area (Å²) in [5, 5.41) is 4.83. The van der Waals surface area contributed by atoms with E-state index in [-0.39, 0.29) is 17.8 Å². The van der Waals surface area contributed by atoms with E-state index in [0.717, 1.165) is 24.5 Å². The van der Waals surface area contributed by atoms with Crippen molar-refractivity contribution in [3.05, 3.63) is 41.2 Å². The first-order valence-electron chi connectivity index (χ1n) is 11.5. The number of amides is 1. The maximum Gasteiger partial charge on any atom is 0.359 e. The molecule has 2 aliphatic heterocycles. The number of nitrogens with zero attached hydrogens (tertiary/aromatic N) is 4. The molecule has 4 rings (SSSR count). The number of piperidine rings is 1. The van der Waals surface area contributed by atoms with Crippen LogP contribution in [0.2, 0.25) is 5.02 Å². The Kier molecular flexibility index (Phi) is 6.83. The lowest BCUT2D eigenvalue weighted by Crippen LogP contribution is -2.44. The van der Waals surface area contributed by atoms with Gasteiger partial charge < -0.3 is 19.3 Å². The first-order valence-corrected chi connectivity index (χ1v) is 11.9. The summed E-state index contributed by atoms with van der Waals surface area (Å²) in [6.45, 7) is 8.50. The molecule has 2 fully saturated rings.